The number of aliphatic carboxylic acids is 1. The average molecular weight is 439 g/mol. The van der Waals surface area contributed by atoms with Crippen LogP contribution in [0.1, 0.15) is 91.9 Å². The van der Waals surface area contributed by atoms with E-state index in [9.17, 15) is 20.1 Å². The Hall–Kier alpha value is -0.910. The van der Waals surface area contributed by atoms with Gasteiger partial charge >= 0.3 is 5.97 Å². The third-order valence-electron chi connectivity index (χ3n) is 8.05. The van der Waals surface area contributed by atoms with Crippen molar-refractivity contribution in [3.05, 3.63) is 12.2 Å². The van der Waals surface area contributed by atoms with E-state index in [-0.39, 0.29) is 35.6 Å². The van der Waals surface area contributed by atoms with E-state index >= 15 is 0 Å². The Labute approximate surface area is 189 Å². The van der Waals surface area contributed by atoms with Crippen molar-refractivity contribution in [2.75, 3.05) is 7.11 Å². The molecule has 0 aromatic carbocycles. The first-order chi connectivity index (χ1) is 14.5. The van der Waals surface area contributed by atoms with Crippen molar-refractivity contribution in [1.29, 1.82) is 0 Å². The number of carboxylic acids is 1. The summed E-state index contributed by atoms with van der Waals surface area (Å²) >= 11 is 0. The molecule has 2 aliphatic carbocycles. The molecule has 5 nitrogen and oxygen atoms in total. The lowest BCUT2D eigenvalue weighted by atomic mass is 9.85. The van der Waals surface area contributed by atoms with Crippen LogP contribution in [0.15, 0.2) is 12.2 Å². The summed E-state index contributed by atoms with van der Waals surface area (Å²) < 4.78 is 5.49. The zero-order chi connectivity index (χ0) is 23.2. The summed E-state index contributed by atoms with van der Waals surface area (Å²) in [6.07, 6.45) is 13.2. The summed E-state index contributed by atoms with van der Waals surface area (Å²) in [5.74, 6) is 0.219. The second kappa shape index (κ2) is 11.3. The monoisotopic (exact) mass is 438 g/mol. The highest BCUT2D eigenvalue weighted by Crippen LogP contribution is 2.39. The van der Waals surface area contributed by atoms with E-state index in [2.05, 4.69) is 26.0 Å². The number of hydrogen-bond donors (Lipinski definition) is 3. The Bertz CT molecular complexity index is 597. The number of aliphatic hydroxyl groups excluding tert-OH is 2. The molecule has 31 heavy (non-hydrogen) atoms. The van der Waals surface area contributed by atoms with Gasteiger partial charge in [-0.1, -0.05) is 25.0 Å². The molecule has 0 radical (unpaired) electrons. The molecular weight excluding hydrogens is 392 g/mol. The summed E-state index contributed by atoms with van der Waals surface area (Å²) in [6, 6.07) is 0. The predicted octanol–water partition coefficient (Wildman–Crippen LogP) is 5.19. The standard InChI is InChI=1S/C26H46O5/c1-25(2,24(29)30)16-6-8-18-10-12-20(22(18)27)14-15-21-13-11-19(23(21)28)9-7-17-26(3,4)31-5/h14-15,18-23,27-28H,6-13,16-17H2,1-5H3,(H,29,30)/b15-14-. The van der Waals surface area contributed by atoms with Gasteiger partial charge in [0.05, 0.1) is 23.2 Å². The molecule has 6 atom stereocenters. The number of rotatable bonds is 12. The van der Waals surface area contributed by atoms with Gasteiger partial charge in [0.1, 0.15) is 0 Å². The van der Waals surface area contributed by atoms with Crippen LogP contribution in [-0.4, -0.2) is 46.2 Å². The quantitative estimate of drug-likeness (QED) is 0.365. The molecule has 0 spiro atoms. The molecule has 0 aromatic rings. The summed E-state index contributed by atoms with van der Waals surface area (Å²) in [5, 5.41) is 30.8. The third kappa shape index (κ3) is 7.57. The SMILES string of the molecule is COC(C)(C)CCCC1CCC(/C=C\C2CCC(CCCC(C)(C)C(=O)O)C2O)C1O. The number of ether oxygens (including phenoxy) is 1. The Morgan fingerprint density at radius 1 is 0.871 bits per heavy atom. The molecule has 0 aromatic heterocycles. The maximum Gasteiger partial charge on any atom is 0.309 e. The molecule has 0 saturated heterocycles. The van der Waals surface area contributed by atoms with E-state index in [0.29, 0.717) is 12.3 Å². The first-order valence-corrected chi connectivity index (χ1v) is 12.3. The van der Waals surface area contributed by atoms with Crippen molar-refractivity contribution in [3.63, 3.8) is 0 Å². The fraction of sp³-hybridized carbons (Fsp3) is 0.885. The zero-order valence-electron chi connectivity index (χ0n) is 20.3. The Kier molecular flexibility index (Phi) is 9.59. The summed E-state index contributed by atoms with van der Waals surface area (Å²) in [4.78, 5) is 11.3. The van der Waals surface area contributed by atoms with E-state index in [1.54, 1.807) is 21.0 Å². The Morgan fingerprint density at radius 2 is 1.32 bits per heavy atom. The highest BCUT2D eigenvalue weighted by atomic mass is 16.5. The van der Waals surface area contributed by atoms with Gasteiger partial charge in [0.2, 0.25) is 0 Å². The minimum Gasteiger partial charge on any atom is -0.481 e. The van der Waals surface area contributed by atoms with Crippen molar-refractivity contribution in [1.82, 2.24) is 0 Å². The van der Waals surface area contributed by atoms with Gasteiger partial charge in [-0.3, -0.25) is 4.79 Å². The van der Waals surface area contributed by atoms with Crippen molar-refractivity contribution in [2.45, 2.75) is 110 Å². The fourth-order valence-corrected chi connectivity index (χ4v) is 5.34. The van der Waals surface area contributed by atoms with E-state index in [0.717, 1.165) is 57.8 Å². The van der Waals surface area contributed by atoms with Gasteiger partial charge < -0.3 is 20.1 Å². The zero-order valence-corrected chi connectivity index (χ0v) is 20.3. The molecule has 0 heterocycles. The van der Waals surface area contributed by atoms with E-state index in [1.165, 1.54) is 0 Å². The lowest BCUT2D eigenvalue weighted by Crippen LogP contribution is -2.25. The molecule has 2 saturated carbocycles. The minimum absolute atomic E-state index is 0.0958. The van der Waals surface area contributed by atoms with Crippen LogP contribution in [0.3, 0.4) is 0 Å². The van der Waals surface area contributed by atoms with Gasteiger partial charge in [-0.25, -0.2) is 0 Å². The van der Waals surface area contributed by atoms with Crippen LogP contribution < -0.4 is 0 Å². The molecule has 3 N–H and O–H groups in total. The highest BCUT2D eigenvalue weighted by Gasteiger charge is 2.36. The van der Waals surface area contributed by atoms with Crippen LogP contribution in [0, 0.1) is 29.1 Å². The lowest BCUT2D eigenvalue weighted by Gasteiger charge is -2.24. The van der Waals surface area contributed by atoms with Crippen LogP contribution in [0.25, 0.3) is 0 Å². The second-order valence-corrected chi connectivity index (χ2v) is 11.3. The number of hydrogen-bond acceptors (Lipinski definition) is 4. The molecule has 5 heteroatoms. The second-order valence-electron chi connectivity index (χ2n) is 11.3. The van der Waals surface area contributed by atoms with E-state index in [4.69, 9.17) is 4.74 Å². The van der Waals surface area contributed by atoms with Crippen molar-refractivity contribution in [3.8, 4) is 0 Å². The van der Waals surface area contributed by atoms with Gasteiger partial charge in [-0.2, -0.15) is 0 Å². The minimum atomic E-state index is -0.754. The molecule has 0 bridgehead atoms. The predicted molar refractivity (Wildman–Crippen MR) is 124 cm³/mol. The number of carbonyl (C=O) groups is 1. The number of methoxy groups -OCH3 is 1. The van der Waals surface area contributed by atoms with Gasteiger partial charge in [-0.15, -0.1) is 0 Å². The van der Waals surface area contributed by atoms with Crippen LogP contribution in [0.4, 0.5) is 0 Å². The molecular formula is C26H46O5. The third-order valence-corrected chi connectivity index (χ3v) is 8.05. The number of carboxylic acid groups (broad SMARTS) is 1. The molecule has 2 fully saturated rings. The van der Waals surface area contributed by atoms with Crippen LogP contribution in [0.2, 0.25) is 0 Å². The maximum absolute atomic E-state index is 11.3. The summed E-state index contributed by atoms with van der Waals surface area (Å²) in [5.41, 5.74) is -0.793. The van der Waals surface area contributed by atoms with Crippen molar-refractivity contribution in [2.24, 2.45) is 29.1 Å². The molecule has 2 rings (SSSR count). The van der Waals surface area contributed by atoms with Gasteiger partial charge in [0.25, 0.3) is 0 Å². The van der Waals surface area contributed by atoms with Crippen LogP contribution >= 0.6 is 0 Å². The van der Waals surface area contributed by atoms with E-state index in [1.807, 2.05) is 0 Å². The van der Waals surface area contributed by atoms with Crippen molar-refractivity contribution >= 4 is 5.97 Å². The topological polar surface area (TPSA) is 87.0 Å². The summed E-state index contributed by atoms with van der Waals surface area (Å²) in [7, 11) is 1.75. The molecule has 180 valence electrons. The molecule has 0 aliphatic heterocycles. The lowest BCUT2D eigenvalue weighted by molar-refractivity contribution is -0.147. The Balaban J connectivity index is 1.75. The fourth-order valence-electron chi connectivity index (χ4n) is 5.34. The van der Waals surface area contributed by atoms with Crippen LogP contribution in [-0.2, 0) is 9.53 Å². The normalized spacial score (nSPS) is 32.2. The summed E-state index contributed by atoms with van der Waals surface area (Å²) in [6.45, 7) is 7.75. The van der Waals surface area contributed by atoms with Gasteiger partial charge in [-0.05, 0) is 90.9 Å². The maximum atomic E-state index is 11.3. The average Bonchev–Trinajstić information content (AvgIpc) is 3.23. The highest BCUT2D eigenvalue weighted by molar-refractivity contribution is 5.73. The van der Waals surface area contributed by atoms with Crippen LogP contribution in [0.5, 0.6) is 0 Å². The molecule has 6 unspecified atom stereocenters. The molecule has 0 amide bonds. The first kappa shape index (κ1) is 26.3. The first-order valence-electron chi connectivity index (χ1n) is 12.3. The van der Waals surface area contributed by atoms with Gasteiger partial charge in [0.15, 0.2) is 0 Å². The van der Waals surface area contributed by atoms with Gasteiger partial charge in [0, 0.05) is 18.9 Å². The number of aliphatic hydroxyl groups is 2. The largest absolute Gasteiger partial charge is 0.481 e. The van der Waals surface area contributed by atoms with E-state index < -0.39 is 11.4 Å². The smallest absolute Gasteiger partial charge is 0.309 e. The Morgan fingerprint density at radius 3 is 1.74 bits per heavy atom. The van der Waals surface area contributed by atoms with Crippen molar-refractivity contribution < 1.29 is 24.9 Å². The molecule has 2 aliphatic rings.